The normalized spacial score (nSPS) is 11.5. The van der Waals surface area contributed by atoms with E-state index in [0.717, 1.165) is 49.7 Å². The molecule has 0 aliphatic heterocycles. The third-order valence-electron chi connectivity index (χ3n) is 5.50. The summed E-state index contributed by atoms with van der Waals surface area (Å²) in [4.78, 5) is 5.89. The molecule has 4 aromatic heterocycles. The van der Waals surface area contributed by atoms with Gasteiger partial charge < -0.3 is 4.57 Å². The number of thiophene rings is 1. The zero-order valence-corrected chi connectivity index (χ0v) is 17.8. The van der Waals surface area contributed by atoms with Gasteiger partial charge in [-0.05, 0) is 42.6 Å². The van der Waals surface area contributed by atoms with Crippen LogP contribution in [0, 0.1) is 6.92 Å². The van der Waals surface area contributed by atoms with Gasteiger partial charge in [-0.25, -0.2) is 9.67 Å². The zero-order chi connectivity index (χ0) is 20.9. The number of benzene rings is 2. The van der Waals surface area contributed by atoms with Gasteiger partial charge >= 0.3 is 0 Å². The molecule has 0 radical (unpaired) electrons. The summed E-state index contributed by atoms with van der Waals surface area (Å²) in [5.41, 5.74) is 6.54. The Morgan fingerprint density at radius 3 is 2.45 bits per heavy atom. The molecule has 7 heteroatoms. The first kappa shape index (κ1) is 18.0. The molecule has 6 nitrogen and oxygen atoms in total. The van der Waals surface area contributed by atoms with Crippen molar-refractivity contribution in [2.75, 3.05) is 0 Å². The van der Waals surface area contributed by atoms with E-state index in [0.29, 0.717) is 0 Å². The van der Waals surface area contributed by atoms with Gasteiger partial charge in [0.05, 0.1) is 27.0 Å². The van der Waals surface area contributed by atoms with Crippen molar-refractivity contribution in [1.82, 2.24) is 29.5 Å². The first-order valence-corrected chi connectivity index (χ1v) is 10.9. The monoisotopic (exact) mass is 422 g/mol. The second kappa shape index (κ2) is 6.85. The average molecular weight is 423 g/mol. The van der Waals surface area contributed by atoms with Gasteiger partial charge in [-0.3, -0.25) is 0 Å². The van der Waals surface area contributed by atoms with E-state index in [1.54, 1.807) is 11.3 Å². The minimum atomic E-state index is 0.729. The van der Waals surface area contributed by atoms with E-state index in [1.807, 2.05) is 53.6 Å². The standard InChI is InChI=1S/C24H18N6S/c1-15-9-11-16(12-10-15)30-14-17-21(28-30)23(20-8-5-13-31-20)27-26-22(17)24-25-18-6-3-4-7-19(18)29(24)2/h3-14H,1-2H3. The SMILES string of the molecule is Cc1ccc(-n2cc3c(-c4nc5ccccc5n4C)nnc(-c4cccs4)c3n2)cc1. The van der Waals surface area contributed by atoms with E-state index in [2.05, 4.69) is 52.0 Å². The molecule has 0 spiro atoms. The van der Waals surface area contributed by atoms with Gasteiger partial charge in [0.2, 0.25) is 0 Å². The van der Waals surface area contributed by atoms with Crippen molar-refractivity contribution >= 4 is 33.3 Å². The van der Waals surface area contributed by atoms with E-state index in [9.17, 15) is 0 Å². The molecule has 150 valence electrons. The highest BCUT2D eigenvalue weighted by atomic mass is 32.1. The van der Waals surface area contributed by atoms with E-state index in [1.165, 1.54) is 5.56 Å². The van der Waals surface area contributed by atoms with Crippen LogP contribution in [-0.2, 0) is 7.05 Å². The predicted octanol–water partition coefficient (Wildman–Crippen LogP) is 5.41. The van der Waals surface area contributed by atoms with Crippen molar-refractivity contribution in [3.8, 4) is 27.8 Å². The summed E-state index contributed by atoms with van der Waals surface area (Å²) < 4.78 is 3.96. The van der Waals surface area contributed by atoms with Gasteiger partial charge in [-0.1, -0.05) is 35.9 Å². The Hall–Kier alpha value is -3.84. The predicted molar refractivity (Wildman–Crippen MR) is 124 cm³/mol. The molecule has 0 aliphatic rings. The molecule has 0 saturated carbocycles. The summed E-state index contributed by atoms with van der Waals surface area (Å²) in [5, 5.41) is 17.1. The van der Waals surface area contributed by atoms with Crippen molar-refractivity contribution in [1.29, 1.82) is 0 Å². The van der Waals surface area contributed by atoms with Gasteiger partial charge in [0, 0.05) is 13.2 Å². The van der Waals surface area contributed by atoms with E-state index >= 15 is 0 Å². The van der Waals surface area contributed by atoms with E-state index < -0.39 is 0 Å². The van der Waals surface area contributed by atoms with Crippen molar-refractivity contribution in [2.24, 2.45) is 7.05 Å². The molecule has 31 heavy (non-hydrogen) atoms. The number of nitrogens with zero attached hydrogens (tertiary/aromatic N) is 6. The number of aryl methyl sites for hydroxylation is 2. The summed E-state index contributed by atoms with van der Waals surface area (Å²) in [5.74, 6) is 0.778. The van der Waals surface area contributed by atoms with Crippen LogP contribution in [0.1, 0.15) is 5.56 Å². The third-order valence-corrected chi connectivity index (χ3v) is 6.37. The van der Waals surface area contributed by atoms with Crippen molar-refractivity contribution in [2.45, 2.75) is 6.92 Å². The maximum absolute atomic E-state index is 4.92. The lowest BCUT2D eigenvalue weighted by atomic mass is 10.2. The van der Waals surface area contributed by atoms with Crippen LogP contribution in [0.3, 0.4) is 0 Å². The lowest BCUT2D eigenvalue weighted by Gasteiger charge is -2.04. The molecule has 0 unspecified atom stereocenters. The van der Waals surface area contributed by atoms with Gasteiger partial charge in [-0.15, -0.1) is 21.5 Å². The number of para-hydroxylation sites is 2. The molecule has 0 fully saturated rings. The second-order valence-electron chi connectivity index (χ2n) is 7.53. The van der Waals surface area contributed by atoms with Crippen LogP contribution in [0.5, 0.6) is 0 Å². The quantitative estimate of drug-likeness (QED) is 0.383. The van der Waals surface area contributed by atoms with E-state index in [-0.39, 0.29) is 0 Å². The van der Waals surface area contributed by atoms with Crippen LogP contribution < -0.4 is 0 Å². The lowest BCUT2D eigenvalue weighted by Crippen LogP contribution is -1.98. The highest BCUT2D eigenvalue weighted by molar-refractivity contribution is 7.13. The molecular weight excluding hydrogens is 404 g/mol. The fraction of sp³-hybridized carbons (Fsp3) is 0.0833. The molecule has 4 heterocycles. The Morgan fingerprint density at radius 1 is 0.871 bits per heavy atom. The van der Waals surface area contributed by atoms with Crippen LogP contribution in [0.4, 0.5) is 0 Å². The number of hydrogen-bond acceptors (Lipinski definition) is 5. The molecule has 0 amide bonds. The number of fused-ring (bicyclic) bond motifs is 2. The van der Waals surface area contributed by atoms with Crippen LogP contribution in [-0.4, -0.2) is 29.5 Å². The van der Waals surface area contributed by atoms with Crippen molar-refractivity contribution in [3.05, 3.63) is 77.8 Å². The van der Waals surface area contributed by atoms with Crippen LogP contribution in [0.15, 0.2) is 72.2 Å². The zero-order valence-electron chi connectivity index (χ0n) is 17.0. The Kier molecular flexibility index (Phi) is 3.97. The fourth-order valence-corrected chi connectivity index (χ4v) is 4.56. The Morgan fingerprint density at radius 2 is 1.68 bits per heavy atom. The Balaban J connectivity index is 1.64. The molecule has 0 atom stereocenters. The Labute approximate surface area is 182 Å². The molecule has 0 bridgehead atoms. The van der Waals surface area contributed by atoms with Crippen molar-refractivity contribution in [3.63, 3.8) is 0 Å². The fourth-order valence-electron chi connectivity index (χ4n) is 3.85. The van der Waals surface area contributed by atoms with Crippen molar-refractivity contribution < 1.29 is 0 Å². The molecule has 0 saturated heterocycles. The highest BCUT2D eigenvalue weighted by Crippen LogP contribution is 2.34. The molecule has 0 aliphatic carbocycles. The molecule has 2 aromatic carbocycles. The number of imidazole rings is 1. The first-order chi connectivity index (χ1) is 15.2. The molecule has 6 aromatic rings. The number of rotatable bonds is 3. The summed E-state index contributed by atoms with van der Waals surface area (Å²) >= 11 is 1.63. The van der Waals surface area contributed by atoms with Crippen LogP contribution >= 0.6 is 11.3 Å². The minimum Gasteiger partial charge on any atom is -0.326 e. The van der Waals surface area contributed by atoms with Gasteiger partial charge in [-0.2, -0.15) is 5.10 Å². The topological polar surface area (TPSA) is 61.4 Å². The van der Waals surface area contributed by atoms with Crippen LogP contribution in [0.25, 0.3) is 49.7 Å². The van der Waals surface area contributed by atoms with Gasteiger partial charge in [0.1, 0.15) is 16.9 Å². The second-order valence-corrected chi connectivity index (χ2v) is 8.48. The smallest absolute Gasteiger partial charge is 0.162 e. The van der Waals surface area contributed by atoms with Gasteiger partial charge in [0.25, 0.3) is 0 Å². The maximum Gasteiger partial charge on any atom is 0.162 e. The highest BCUT2D eigenvalue weighted by Gasteiger charge is 2.21. The van der Waals surface area contributed by atoms with Crippen LogP contribution in [0.2, 0.25) is 0 Å². The Bertz CT molecular complexity index is 1540. The first-order valence-electron chi connectivity index (χ1n) is 9.98. The number of hydrogen-bond donors (Lipinski definition) is 0. The summed E-state index contributed by atoms with van der Waals surface area (Å²) in [6, 6.07) is 20.5. The summed E-state index contributed by atoms with van der Waals surface area (Å²) in [6.45, 7) is 2.08. The minimum absolute atomic E-state index is 0.729. The lowest BCUT2D eigenvalue weighted by molar-refractivity contribution is 0.895. The third kappa shape index (κ3) is 2.85. The summed E-state index contributed by atoms with van der Waals surface area (Å²) in [6.07, 6.45) is 2.03. The average Bonchev–Trinajstić information content (AvgIpc) is 3.53. The van der Waals surface area contributed by atoms with Gasteiger partial charge in [0.15, 0.2) is 5.82 Å². The molecular formula is C24H18N6S. The molecule has 0 N–H and O–H groups in total. The molecule has 6 rings (SSSR count). The van der Waals surface area contributed by atoms with E-state index in [4.69, 9.17) is 10.1 Å². The number of aromatic nitrogens is 6. The largest absolute Gasteiger partial charge is 0.326 e. The summed E-state index contributed by atoms with van der Waals surface area (Å²) in [7, 11) is 2.01. The maximum atomic E-state index is 4.92.